The maximum Gasteiger partial charge on any atom is 0.417 e. The molecule has 0 radical (unpaired) electrons. The first-order valence-corrected chi connectivity index (χ1v) is 11.2. The van der Waals surface area contributed by atoms with E-state index in [0.717, 1.165) is 6.07 Å². The van der Waals surface area contributed by atoms with Crippen LogP contribution in [0.2, 0.25) is 5.02 Å². The summed E-state index contributed by atoms with van der Waals surface area (Å²) in [5.41, 5.74) is -0.611. The number of alkyl halides is 3. The molecule has 32 heavy (non-hydrogen) atoms. The molecule has 0 bridgehead atoms. The zero-order valence-corrected chi connectivity index (χ0v) is 18.0. The topological polar surface area (TPSA) is 75.3 Å². The van der Waals surface area contributed by atoms with Crippen LogP contribution in [0.25, 0.3) is 0 Å². The largest absolute Gasteiger partial charge is 0.417 e. The van der Waals surface area contributed by atoms with Gasteiger partial charge in [-0.1, -0.05) is 60.1 Å². The summed E-state index contributed by atoms with van der Waals surface area (Å²) in [6.07, 6.45) is -4.73. The highest BCUT2D eigenvalue weighted by atomic mass is 35.5. The van der Waals surface area contributed by atoms with E-state index in [1.165, 1.54) is 30.3 Å². The van der Waals surface area contributed by atoms with Crippen LogP contribution in [0.15, 0.2) is 83.8 Å². The summed E-state index contributed by atoms with van der Waals surface area (Å²) < 4.78 is 67.3. The molecule has 0 saturated heterocycles. The van der Waals surface area contributed by atoms with Crippen molar-refractivity contribution in [2.24, 2.45) is 0 Å². The summed E-state index contributed by atoms with van der Waals surface area (Å²) in [7, 11) is -4.07. The molecule has 0 aliphatic carbocycles. The molecular weight excluding hydrogens is 465 g/mol. The first-order chi connectivity index (χ1) is 15.1. The summed E-state index contributed by atoms with van der Waals surface area (Å²) >= 11 is 5.62. The normalized spacial score (nSPS) is 12.9. The van der Waals surface area contributed by atoms with Gasteiger partial charge in [-0.15, -0.1) is 0 Å². The lowest BCUT2D eigenvalue weighted by molar-refractivity contribution is -0.137. The second kappa shape index (κ2) is 9.72. The van der Waals surface area contributed by atoms with E-state index in [9.17, 15) is 26.4 Å². The number of rotatable bonds is 7. The molecule has 0 aliphatic heterocycles. The van der Waals surface area contributed by atoms with E-state index in [-0.39, 0.29) is 17.0 Å². The van der Waals surface area contributed by atoms with Crippen LogP contribution in [0.5, 0.6) is 0 Å². The molecule has 0 heterocycles. The summed E-state index contributed by atoms with van der Waals surface area (Å²) in [6.45, 7) is 0. The summed E-state index contributed by atoms with van der Waals surface area (Å²) in [4.78, 5) is 12.9. The van der Waals surface area contributed by atoms with E-state index in [1.54, 1.807) is 36.4 Å². The first kappa shape index (κ1) is 23.8. The Morgan fingerprint density at radius 2 is 1.53 bits per heavy atom. The summed E-state index contributed by atoms with van der Waals surface area (Å²) in [5, 5.41) is 1.84. The van der Waals surface area contributed by atoms with Gasteiger partial charge in [0.25, 0.3) is 0 Å². The lowest BCUT2D eigenvalue weighted by atomic mass is 10.1. The number of hydrogen-bond acceptors (Lipinski definition) is 3. The van der Waals surface area contributed by atoms with E-state index in [2.05, 4.69) is 10.0 Å². The number of halogens is 4. The SMILES string of the molecule is O=C(Nc1ccc(Cl)c(C(F)(F)F)c1)[C@@H](Cc1ccccc1)NS(=O)(=O)c1ccccc1. The molecule has 0 aliphatic rings. The highest BCUT2D eigenvalue weighted by Gasteiger charge is 2.34. The Morgan fingerprint density at radius 3 is 2.12 bits per heavy atom. The fraction of sp³-hybridized carbons (Fsp3) is 0.136. The third kappa shape index (κ3) is 6.09. The third-order valence-electron chi connectivity index (χ3n) is 4.49. The van der Waals surface area contributed by atoms with Gasteiger partial charge in [-0.25, -0.2) is 8.42 Å². The number of benzene rings is 3. The van der Waals surface area contributed by atoms with Crippen molar-refractivity contribution in [3.05, 3.63) is 95.0 Å². The number of carbonyl (C=O) groups excluding carboxylic acids is 1. The predicted molar refractivity (Wildman–Crippen MR) is 116 cm³/mol. The highest BCUT2D eigenvalue weighted by molar-refractivity contribution is 7.89. The second-order valence-electron chi connectivity index (χ2n) is 6.86. The minimum Gasteiger partial charge on any atom is -0.325 e. The second-order valence-corrected chi connectivity index (χ2v) is 8.98. The van der Waals surface area contributed by atoms with Crippen molar-refractivity contribution >= 4 is 33.2 Å². The molecule has 0 fully saturated rings. The molecule has 3 aromatic rings. The van der Waals surface area contributed by atoms with Gasteiger partial charge in [0.2, 0.25) is 15.9 Å². The lowest BCUT2D eigenvalue weighted by Crippen LogP contribution is -2.45. The average molecular weight is 483 g/mol. The van der Waals surface area contributed by atoms with Crippen LogP contribution in [0, 0.1) is 0 Å². The number of anilines is 1. The number of hydrogen-bond donors (Lipinski definition) is 2. The molecule has 10 heteroatoms. The smallest absolute Gasteiger partial charge is 0.325 e. The van der Waals surface area contributed by atoms with Crippen molar-refractivity contribution in [3.8, 4) is 0 Å². The predicted octanol–water partition coefficient (Wildman–Crippen LogP) is 4.89. The van der Waals surface area contributed by atoms with Crippen molar-refractivity contribution in [2.45, 2.75) is 23.5 Å². The number of amides is 1. The van der Waals surface area contributed by atoms with E-state index >= 15 is 0 Å². The van der Waals surface area contributed by atoms with Crippen LogP contribution in [-0.4, -0.2) is 20.4 Å². The minimum atomic E-state index is -4.71. The molecule has 3 aromatic carbocycles. The van der Waals surface area contributed by atoms with Gasteiger partial charge >= 0.3 is 6.18 Å². The minimum absolute atomic E-state index is 0.0154. The highest BCUT2D eigenvalue weighted by Crippen LogP contribution is 2.36. The molecule has 1 atom stereocenters. The quantitative estimate of drug-likeness (QED) is 0.503. The number of nitrogens with one attached hydrogen (secondary N) is 2. The standard InChI is InChI=1S/C22H18ClF3N2O3S/c23-19-12-11-16(14-18(19)22(24,25)26)27-21(29)20(13-15-7-3-1-4-8-15)28-32(30,31)17-9-5-2-6-10-17/h1-12,14,20,28H,13H2,(H,27,29)/t20-/m1/s1. The number of carbonyl (C=O) groups is 1. The first-order valence-electron chi connectivity index (χ1n) is 9.35. The maximum absolute atomic E-state index is 13.1. The summed E-state index contributed by atoms with van der Waals surface area (Å²) in [6, 6.07) is 17.7. The molecule has 2 N–H and O–H groups in total. The average Bonchev–Trinajstić information content (AvgIpc) is 2.75. The van der Waals surface area contributed by atoms with Crippen LogP contribution in [-0.2, 0) is 27.4 Å². The van der Waals surface area contributed by atoms with Gasteiger partial charge in [-0.2, -0.15) is 17.9 Å². The van der Waals surface area contributed by atoms with Gasteiger partial charge < -0.3 is 5.32 Å². The Bertz CT molecular complexity index is 1190. The molecule has 3 rings (SSSR count). The summed E-state index contributed by atoms with van der Waals surface area (Å²) in [5.74, 6) is -0.816. The Morgan fingerprint density at radius 1 is 0.938 bits per heavy atom. The Hall–Kier alpha value is -2.88. The molecule has 0 spiro atoms. The zero-order chi connectivity index (χ0) is 23.4. The lowest BCUT2D eigenvalue weighted by Gasteiger charge is -2.19. The molecule has 168 valence electrons. The van der Waals surface area contributed by atoms with E-state index in [1.807, 2.05) is 0 Å². The van der Waals surface area contributed by atoms with Crippen molar-refractivity contribution in [1.82, 2.24) is 4.72 Å². The third-order valence-corrected chi connectivity index (χ3v) is 6.31. The molecule has 0 aromatic heterocycles. The van der Waals surface area contributed by atoms with Gasteiger partial charge in [0.1, 0.15) is 6.04 Å². The molecule has 0 saturated carbocycles. The number of sulfonamides is 1. The van der Waals surface area contributed by atoms with Crippen LogP contribution in [0.3, 0.4) is 0 Å². The van der Waals surface area contributed by atoms with Crippen LogP contribution < -0.4 is 10.0 Å². The van der Waals surface area contributed by atoms with Crippen molar-refractivity contribution in [2.75, 3.05) is 5.32 Å². The van der Waals surface area contributed by atoms with Crippen molar-refractivity contribution < 1.29 is 26.4 Å². The Labute approximate surface area is 188 Å². The van der Waals surface area contributed by atoms with Gasteiger partial charge in [-0.3, -0.25) is 4.79 Å². The van der Waals surface area contributed by atoms with Crippen LogP contribution >= 0.6 is 11.6 Å². The van der Waals surface area contributed by atoms with E-state index in [4.69, 9.17) is 11.6 Å². The molecule has 5 nitrogen and oxygen atoms in total. The van der Waals surface area contributed by atoms with Gasteiger partial charge in [0, 0.05) is 5.69 Å². The van der Waals surface area contributed by atoms with Crippen molar-refractivity contribution in [3.63, 3.8) is 0 Å². The Balaban J connectivity index is 1.89. The van der Waals surface area contributed by atoms with E-state index in [0.29, 0.717) is 11.6 Å². The van der Waals surface area contributed by atoms with E-state index < -0.39 is 38.7 Å². The van der Waals surface area contributed by atoms with Crippen LogP contribution in [0.1, 0.15) is 11.1 Å². The van der Waals surface area contributed by atoms with Gasteiger partial charge in [0.15, 0.2) is 0 Å². The van der Waals surface area contributed by atoms with Crippen molar-refractivity contribution in [1.29, 1.82) is 0 Å². The fourth-order valence-electron chi connectivity index (χ4n) is 2.94. The van der Waals surface area contributed by atoms with Gasteiger partial charge in [-0.05, 0) is 42.3 Å². The monoisotopic (exact) mass is 482 g/mol. The Kier molecular flexibility index (Phi) is 7.22. The zero-order valence-electron chi connectivity index (χ0n) is 16.4. The molecule has 0 unspecified atom stereocenters. The van der Waals surface area contributed by atoms with Crippen LogP contribution in [0.4, 0.5) is 18.9 Å². The maximum atomic E-state index is 13.1. The fourth-order valence-corrected chi connectivity index (χ4v) is 4.38. The van der Waals surface area contributed by atoms with Gasteiger partial charge in [0.05, 0.1) is 15.5 Å². The molecule has 1 amide bonds. The molecular formula is C22H18ClF3N2O3S.